The van der Waals surface area contributed by atoms with Crippen LogP contribution in [0.25, 0.3) is 0 Å². The fourth-order valence-corrected chi connectivity index (χ4v) is 2.12. The zero-order valence-electron chi connectivity index (χ0n) is 11.5. The molecule has 1 rings (SSSR count). The van der Waals surface area contributed by atoms with Gasteiger partial charge in [-0.25, -0.2) is 4.79 Å². The highest BCUT2D eigenvalue weighted by Crippen LogP contribution is 2.23. The molecule has 0 spiro atoms. The fraction of sp³-hybridized carbons (Fsp3) is 0.429. The lowest BCUT2D eigenvalue weighted by Gasteiger charge is -2.14. The van der Waals surface area contributed by atoms with E-state index in [1.165, 1.54) is 12.1 Å². The third-order valence-electron chi connectivity index (χ3n) is 2.66. The summed E-state index contributed by atoms with van der Waals surface area (Å²) in [4.78, 5) is 22.7. The molecule has 0 saturated heterocycles. The second-order valence-corrected chi connectivity index (χ2v) is 5.41. The van der Waals surface area contributed by atoms with Gasteiger partial charge in [-0.15, -0.1) is 0 Å². The summed E-state index contributed by atoms with van der Waals surface area (Å²) >= 11 is 3.20. The molecule has 0 fully saturated rings. The number of aromatic carboxylic acids is 1. The lowest BCUT2D eigenvalue weighted by Crippen LogP contribution is -2.36. The predicted octanol–water partition coefficient (Wildman–Crippen LogP) is 2.83. The molecule has 2 N–H and O–H groups in total. The van der Waals surface area contributed by atoms with E-state index in [1.54, 1.807) is 6.07 Å². The first kappa shape index (κ1) is 16.5. The van der Waals surface area contributed by atoms with Crippen LogP contribution in [0.4, 0.5) is 0 Å². The van der Waals surface area contributed by atoms with Gasteiger partial charge < -0.3 is 15.2 Å². The predicted molar refractivity (Wildman–Crippen MR) is 79.1 cm³/mol. The summed E-state index contributed by atoms with van der Waals surface area (Å²) in [6.45, 7) is 3.76. The van der Waals surface area contributed by atoms with Gasteiger partial charge >= 0.3 is 5.97 Å². The molecule has 0 heterocycles. The zero-order chi connectivity index (χ0) is 15.1. The first-order valence-electron chi connectivity index (χ1n) is 6.39. The zero-order valence-corrected chi connectivity index (χ0v) is 13.1. The first-order valence-corrected chi connectivity index (χ1v) is 7.18. The van der Waals surface area contributed by atoms with Crippen LogP contribution in [0.5, 0.6) is 5.75 Å². The number of nitrogens with one attached hydrogen (secondary N) is 1. The van der Waals surface area contributed by atoms with Gasteiger partial charge in [0.15, 0.2) is 6.61 Å². The molecule has 1 aromatic carbocycles. The van der Waals surface area contributed by atoms with Crippen molar-refractivity contribution >= 4 is 27.8 Å². The van der Waals surface area contributed by atoms with Gasteiger partial charge in [-0.3, -0.25) is 4.79 Å². The van der Waals surface area contributed by atoms with E-state index < -0.39 is 5.97 Å². The van der Waals surface area contributed by atoms with Crippen molar-refractivity contribution in [2.75, 3.05) is 6.61 Å². The van der Waals surface area contributed by atoms with Crippen LogP contribution in [0.3, 0.4) is 0 Å². The molecule has 1 atom stereocenters. The van der Waals surface area contributed by atoms with Gasteiger partial charge in [-0.2, -0.15) is 0 Å². The summed E-state index contributed by atoms with van der Waals surface area (Å²) in [6.07, 6.45) is 1.88. The number of halogens is 1. The molecule has 1 unspecified atom stereocenters. The number of hydrogen-bond acceptors (Lipinski definition) is 3. The second kappa shape index (κ2) is 7.89. The molecule has 0 aliphatic carbocycles. The SMILES string of the molecule is CCCC(C)NC(=O)COc1ccc(Br)cc1C(=O)O. The van der Waals surface area contributed by atoms with Gasteiger partial charge in [0.2, 0.25) is 0 Å². The Labute approximate surface area is 126 Å². The number of rotatable bonds is 7. The highest BCUT2D eigenvalue weighted by Gasteiger charge is 2.14. The number of carbonyl (C=O) groups excluding carboxylic acids is 1. The lowest BCUT2D eigenvalue weighted by molar-refractivity contribution is -0.123. The molecular weight excluding hydrogens is 326 g/mol. The summed E-state index contributed by atoms with van der Waals surface area (Å²) < 4.78 is 5.92. The molecule has 0 aliphatic rings. The number of ether oxygens (including phenoxy) is 1. The molecule has 20 heavy (non-hydrogen) atoms. The molecule has 1 aromatic rings. The van der Waals surface area contributed by atoms with Gasteiger partial charge in [0.05, 0.1) is 0 Å². The van der Waals surface area contributed by atoms with Crippen molar-refractivity contribution in [1.82, 2.24) is 5.32 Å². The van der Waals surface area contributed by atoms with Crippen LogP contribution in [-0.2, 0) is 4.79 Å². The average Bonchev–Trinajstić information content (AvgIpc) is 2.37. The Hall–Kier alpha value is -1.56. The monoisotopic (exact) mass is 343 g/mol. The van der Waals surface area contributed by atoms with Crippen molar-refractivity contribution in [3.05, 3.63) is 28.2 Å². The van der Waals surface area contributed by atoms with Crippen LogP contribution < -0.4 is 10.1 Å². The number of carbonyl (C=O) groups is 2. The summed E-state index contributed by atoms with van der Waals surface area (Å²) in [5.41, 5.74) is 0.0220. The smallest absolute Gasteiger partial charge is 0.339 e. The first-order chi connectivity index (χ1) is 9.43. The van der Waals surface area contributed by atoms with Gasteiger partial charge in [0.1, 0.15) is 11.3 Å². The molecule has 0 aliphatic heterocycles. The summed E-state index contributed by atoms with van der Waals surface area (Å²) in [5.74, 6) is -1.18. The lowest BCUT2D eigenvalue weighted by atomic mass is 10.2. The number of hydrogen-bond donors (Lipinski definition) is 2. The molecule has 0 bridgehead atoms. The largest absolute Gasteiger partial charge is 0.483 e. The number of amides is 1. The highest BCUT2D eigenvalue weighted by atomic mass is 79.9. The van der Waals surface area contributed by atoms with Gasteiger partial charge in [-0.1, -0.05) is 29.3 Å². The van der Waals surface area contributed by atoms with Gasteiger partial charge in [0, 0.05) is 10.5 Å². The van der Waals surface area contributed by atoms with E-state index in [-0.39, 0.29) is 29.9 Å². The molecule has 0 aromatic heterocycles. The van der Waals surface area contributed by atoms with Crippen LogP contribution in [-0.4, -0.2) is 29.6 Å². The van der Waals surface area contributed by atoms with Crippen molar-refractivity contribution in [2.24, 2.45) is 0 Å². The van der Waals surface area contributed by atoms with E-state index in [0.29, 0.717) is 4.47 Å². The topological polar surface area (TPSA) is 75.6 Å². The minimum absolute atomic E-state index is 0.0220. The Morgan fingerprint density at radius 3 is 2.75 bits per heavy atom. The Morgan fingerprint density at radius 1 is 1.45 bits per heavy atom. The maximum Gasteiger partial charge on any atom is 0.339 e. The quantitative estimate of drug-likeness (QED) is 0.798. The van der Waals surface area contributed by atoms with Crippen molar-refractivity contribution in [3.63, 3.8) is 0 Å². The van der Waals surface area contributed by atoms with E-state index in [2.05, 4.69) is 21.2 Å². The number of carboxylic acid groups (broad SMARTS) is 1. The summed E-state index contributed by atoms with van der Waals surface area (Å²) in [7, 11) is 0. The molecule has 0 saturated carbocycles. The highest BCUT2D eigenvalue weighted by molar-refractivity contribution is 9.10. The Kier molecular flexibility index (Phi) is 6.51. The van der Waals surface area contributed by atoms with E-state index >= 15 is 0 Å². The third-order valence-corrected chi connectivity index (χ3v) is 3.15. The van der Waals surface area contributed by atoms with Crippen molar-refractivity contribution < 1.29 is 19.4 Å². The van der Waals surface area contributed by atoms with Crippen LogP contribution in [0, 0.1) is 0 Å². The van der Waals surface area contributed by atoms with E-state index in [4.69, 9.17) is 9.84 Å². The minimum Gasteiger partial charge on any atom is -0.483 e. The van der Waals surface area contributed by atoms with Crippen LogP contribution in [0.2, 0.25) is 0 Å². The van der Waals surface area contributed by atoms with Crippen LogP contribution in [0.1, 0.15) is 37.0 Å². The molecule has 6 heteroatoms. The molecular formula is C14H18BrNO4. The Bertz CT molecular complexity index is 490. The second-order valence-electron chi connectivity index (χ2n) is 4.49. The average molecular weight is 344 g/mol. The van der Waals surface area contributed by atoms with E-state index in [9.17, 15) is 9.59 Å². The number of carboxylic acids is 1. The van der Waals surface area contributed by atoms with Crippen molar-refractivity contribution in [2.45, 2.75) is 32.7 Å². The molecule has 1 amide bonds. The maximum absolute atomic E-state index is 11.7. The standard InChI is InChI=1S/C14H18BrNO4/c1-3-4-9(2)16-13(17)8-20-12-6-5-10(15)7-11(12)14(18)19/h5-7,9H,3-4,8H2,1-2H3,(H,16,17)(H,18,19). The van der Waals surface area contributed by atoms with Crippen molar-refractivity contribution in [3.8, 4) is 5.75 Å². The number of benzene rings is 1. The van der Waals surface area contributed by atoms with E-state index in [0.717, 1.165) is 12.8 Å². The maximum atomic E-state index is 11.7. The van der Waals surface area contributed by atoms with E-state index in [1.807, 2.05) is 13.8 Å². The Morgan fingerprint density at radius 2 is 2.15 bits per heavy atom. The van der Waals surface area contributed by atoms with Crippen molar-refractivity contribution in [1.29, 1.82) is 0 Å². The van der Waals surface area contributed by atoms with Crippen LogP contribution >= 0.6 is 15.9 Å². The molecule has 110 valence electrons. The van der Waals surface area contributed by atoms with Gasteiger partial charge in [0.25, 0.3) is 5.91 Å². The molecule has 0 radical (unpaired) electrons. The third kappa shape index (κ3) is 5.21. The summed E-state index contributed by atoms with van der Waals surface area (Å²) in [6, 6.07) is 4.71. The molecule has 5 nitrogen and oxygen atoms in total. The van der Waals surface area contributed by atoms with Crippen LogP contribution in [0.15, 0.2) is 22.7 Å². The van der Waals surface area contributed by atoms with Gasteiger partial charge in [-0.05, 0) is 31.5 Å². The normalized spacial score (nSPS) is 11.8. The summed E-state index contributed by atoms with van der Waals surface area (Å²) in [5, 5.41) is 11.9. The Balaban J connectivity index is 2.61. The minimum atomic E-state index is -1.10. The fourth-order valence-electron chi connectivity index (χ4n) is 1.76.